The number of aromatic nitrogens is 1. The molecule has 5 nitrogen and oxygen atoms in total. The lowest BCUT2D eigenvalue weighted by molar-refractivity contribution is -0.137. The lowest BCUT2D eigenvalue weighted by atomic mass is 10.1. The molecule has 0 aliphatic carbocycles. The van der Waals surface area contributed by atoms with E-state index in [1.54, 1.807) is 6.92 Å². The molecule has 1 aromatic heterocycles. The fourth-order valence-electron chi connectivity index (χ4n) is 1.61. The highest BCUT2D eigenvalue weighted by Crippen LogP contribution is 2.29. The van der Waals surface area contributed by atoms with Gasteiger partial charge in [-0.25, -0.2) is 0 Å². The van der Waals surface area contributed by atoms with E-state index >= 15 is 0 Å². The van der Waals surface area contributed by atoms with Crippen molar-refractivity contribution >= 4 is 5.91 Å². The Balaban J connectivity index is 1.78. The highest BCUT2D eigenvalue weighted by Gasteiger charge is 2.29. The van der Waals surface area contributed by atoms with E-state index in [2.05, 4.69) is 10.5 Å². The minimum atomic E-state index is -4.37. The van der Waals surface area contributed by atoms with Gasteiger partial charge in [-0.15, -0.1) is 0 Å². The van der Waals surface area contributed by atoms with Crippen LogP contribution in [0.1, 0.15) is 16.9 Å². The Morgan fingerprint density at radius 1 is 1.32 bits per heavy atom. The maximum Gasteiger partial charge on any atom is 0.416 e. The van der Waals surface area contributed by atoms with Gasteiger partial charge in [0.15, 0.2) is 6.61 Å². The Morgan fingerprint density at radius 2 is 2.00 bits per heavy atom. The third kappa shape index (κ3) is 4.51. The van der Waals surface area contributed by atoms with E-state index in [0.717, 1.165) is 12.1 Å². The fraction of sp³-hybridized carbons (Fsp3) is 0.286. The molecule has 1 aromatic carbocycles. The van der Waals surface area contributed by atoms with Gasteiger partial charge in [-0.1, -0.05) is 12.1 Å². The summed E-state index contributed by atoms with van der Waals surface area (Å²) in [6.45, 7) is 1.54. The first-order chi connectivity index (χ1) is 10.3. The van der Waals surface area contributed by atoms with Crippen LogP contribution in [0.15, 0.2) is 34.9 Å². The average molecular weight is 314 g/mol. The summed E-state index contributed by atoms with van der Waals surface area (Å²) >= 11 is 0. The number of aryl methyl sites for hydroxylation is 1. The number of alkyl halides is 3. The Bertz CT molecular complexity index is 636. The standard InChI is InChI=1S/C14H13F3N2O3/c1-9-6-13(19-22-9)21-8-12(20)18-7-10-2-4-11(5-3-10)14(15,16)17/h2-6H,7-8H2,1H3,(H,18,20). The molecular formula is C14H13F3N2O3. The second-order valence-electron chi connectivity index (χ2n) is 4.54. The van der Waals surface area contributed by atoms with Crippen molar-refractivity contribution in [3.8, 4) is 5.88 Å². The van der Waals surface area contributed by atoms with E-state index in [0.29, 0.717) is 11.3 Å². The molecule has 0 aliphatic heterocycles. The molecule has 8 heteroatoms. The quantitative estimate of drug-likeness (QED) is 0.921. The van der Waals surface area contributed by atoms with Crippen LogP contribution in [0.25, 0.3) is 0 Å². The van der Waals surface area contributed by atoms with Gasteiger partial charge in [-0.3, -0.25) is 4.79 Å². The Kier molecular flexibility index (Phi) is 4.69. The number of nitrogens with one attached hydrogen (secondary N) is 1. The number of carbonyl (C=O) groups excluding carboxylic acids is 1. The van der Waals surface area contributed by atoms with Crippen LogP contribution in [-0.2, 0) is 17.5 Å². The number of nitrogens with zero attached hydrogens (tertiary/aromatic N) is 1. The summed E-state index contributed by atoms with van der Waals surface area (Å²) in [5.74, 6) is 0.336. The largest absolute Gasteiger partial charge is 0.465 e. The molecule has 118 valence electrons. The predicted molar refractivity (Wildman–Crippen MR) is 70.0 cm³/mol. The van der Waals surface area contributed by atoms with Gasteiger partial charge < -0.3 is 14.6 Å². The fourth-order valence-corrected chi connectivity index (χ4v) is 1.61. The van der Waals surface area contributed by atoms with E-state index in [9.17, 15) is 18.0 Å². The van der Waals surface area contributed by atoms with Crippen LogP contribution in [0.3, 0.4) is 0 Å². The Morgan fingerprint density at radius 3 is 2.55 bits per heavy atom. The maximum absolute atomic E-state index is 12.4. The monoisotopic (exact) mass is 314 g/mol. The van der Waals surface area contributed by atoms with E-state index in [1.165, 1.54) is 18.2 Å². The molecule has 0 radical (unpaired) electrons. The molecule has 0 aliphatic rings. The first-order valence-electron chi connectivity index (χ1n) is 6.33. The topological polar surface area (TPSA) is 64.4 Å². The van der Waals surface area contributed by atoms with E-state index in [4.69, 9.17) is 9.26 Å². The molecule has 0 unspecified atom stereocenters. The summed E-state index contributed by atoms with van der Waals surface area (Å²) in [5, 5.41) is 6.09. The molecule has 1 N–H and O–H groups in total. The smallest absolute Gasteiger partial charge is 0.416 e. The van der Waals surface area contributed by atoms with Gasteiger partial charge in [0, 0.05) is 12.6 Å². The summed E-state index contributed by atoms with van der Waals surface area (Å²) in [6, 6.07) is 6.09. The van der Waals surface area contributed by atoms with Gasteiger partial charge in [0.25, 0.3) is 11.8 Å². The Hall–Kier alpha value is -2.51. The molecule has 2 rings (SSSR count). The molecule has 2 aromatic rings. The highest BCUT2D eigenvalue weighted by atomic mass is 19.4. The van der Waals surface area contributed by atoms with Gasteiger partial charge in [-0.05, 0) is 29.8 Å². The van der Waals surface area contributed by atoms with Crippen molar-refractivity contribution in [2.45, 2.75) is 19.6 Å². The zero-order chi connectivity index (χ0) is 16.2. The van der Waals surface area contributed by atoms with E-state index < -0.39 is 17.6 Å². The number of amides is 1. The average Bonchev–Trinajstić information content (AvgIpc) is 2.88. The number of benzene rings is 1. The minimum absolute atomic E-state index is 0.109. The predicted octanol–water partition coefficient (Wildman–Crippen LogP) is 2.70. The first kappa shape index (κ1) is 15.9. The first-order valence-corrected chi connectivity index (χ1v) is 6.33. The van der Waals surface area contributed by atoms with Gasteiger partial charge in [0.05, 0.1) is 5.56 Å². The minimum Gasteiger partial charge on any atom is -0.465 e. The van der Waals surface area contributed by atoms with Crippen molar-refractivity contribution < 1.29 is 27.2 Å². The van der Waals surface area contributed by atoms with Gasteiger partial charge in [-0.2, -0.15) is 13.2 Å². The number of halogens is 3. The number of rotatable bonds is 5. The van der Waals surface area contributed by atoms with Crippen molar-refractivity contribution in [1.29, 1.82) is 0 Å². The van der Waals surface area contributed by atoms with Crippen LogP contribution in [0, 0.1) is 6.92 Å². The molecule has 0 atom stereocenters. The molecular weight excluding hydrogens is 301 g/mol. The van der Waals surface area contributed by atoms with Crippen molar-refractivity contribution in [3.05, 3.63) is 47.2 Å². The molecule has 0 spiro atoms. The van der Waals surface area contributed by atoms with Crippen molar-refractivity contribution in [2.24, 2.45) is 0 Å². The van der Waals surface area contributed by atoms with Crippen LogP contribution in [0.5, 0.6) is 5.88 Å². The zero-order valence-electron chi connectivity index (χ0n) is 11.6. The third-order valence-corrected chi connectivity index (χ3v) is 2.73. The molecule has 0 saturated carbocycles. The van der Waals surface area contributed by atoms with Crippen LogP contribution < -0.4 is 10.1 Å². The lowest BCUT2D eigenvalue weighted by Gasteiger charge is -2.08. The van der Waals surface area contributed by atoms with E-state index in [-0.39, 0.29) is 19.0 Å². The van der Waals surface area contributed by atoms with Gasteiger partial charge in [0.1, 0.15) is 5.76 Å². The van der Waals surface area contributed by atoms with Crippen LogP contribution >= 0.6 is 0 Å². The van der Waals surface area contributed by atoms with Crippen LogP contribution in [0.4, 0.5) is 13.2 Å². The van der Waals surface area contributed by atoms with Crippen LogP contribution in [-0.4, -0.2) is 17.7 Å². The Labute approximate surface area is 124 Å². The molecule has 1 heterocycles. The molecule has 0 saturated heterocycles. The number of ether oxygens (including phenoxy) is 1. The molecule has 0 fully saturated rings. The van der Waals surface area contributed by atoms with Crippen molar-refractivity contribution in [1.82, 2.24) is 10.5 Å². The van der Waals surface area contributed by atoms with Crippen molar-refractivity contribution in [2.75, 3.05) is 6.61 Å². The zero-order valence-corrected chi connectivity index (χ0v) is 11.6. The summed E-state index contributed by atoms with van der Waals surface area (Å²) in [4.78, 5) is 11.5. The lowest BCUT2D eigenvalue weighted by Crippen LogP contribution is -2.28. The summed E-state index contributed by atoms with van der Waals surface area (Å²) < 4.78 is 47.0. The molecule has 0 bridgehead atoms. The third-order valence-electron chi connectivity index (χ3n) is 2.73. The SMILES string of the molecule is Cc1cc(OCC(=O)NCc2ccc(C(F)(F)F)cc2)no1. The normalized spacial score (nSPS) is 11.3. The second kappa shape index (κ2) is 6.50. The second-order valence-corrected chi connectivity index (χ2v) is 4.54. The number of hydrogen-bond donors (Lipinski definition) is 1. The summed E-state index contributed by atoms with van der Waals surface area (Å²) in [6.07, 6.45) is -4.37. The summed E-state index contributed by atoms with van der Waals surface area (Å²) in [5.41, 5.74) is -0.175. The van der Waals surface area contributed by atoms with Crippen molar-refractivity contribution in [3.63, 3.8) is 0 Å². The van der Waals surface area contributed by atoms with Gasteiger partial charge in [0.2, 0.25) is 0 Å². The summed E-state index contributed by atoms with van der Waals surface area (Å²) in [7, 11) is 0. The van der Waals surface area contributed by atoms with Gasteiger partial charge >= 0.3 is 6.18 Å². The van der Waals surface area contributed by atoms with E-state index in [1.807, 2.05) is 0 Å². The highest BCUT2D eigenvalue weighted by molar-refractivity contribution is 5.77. The van der Waals surface area contributed by atoms with Crippen LogP contribution in [0.2, 0.25) is 0 Å². The molecule has 22 heavy (non-hydrogen) atoms. The number of hydrogen-bond acceptors (Lipinski definition) is 4. The maximum atomic E-state index is 12.4. The molecule has 1 amide bonds. The number of carbonyl (C=O) groups is 1.